The van der Waals surface area contributed by atoms with E-state index in [1.54, 1.807) is 23.5 Å². The summed E-state index contributed by atoms with van der Waals surface area (Å²) in [6.45, 7) is 4.04. The Bertz CT molecular complexity index is 780. The molecule has 2 heterocycles. The fraction of sp³-hybridized carbons (Fsp3) is 0.524. The van der Waals surface area contributed by atoms with E-state index >= 15 is 0 Å². The van der Waals surface area contributed by atoms with Crippen molar-refractivity contribution in [3.63, 3.8) is 0 Å². The maximum atomic E-state index is 13.1. The first-order valence-corrected chi connectivity index (χ1v) is 11.0. The summed E-state index contributed by atoms with van der Waals surface area (Å²) in [6.07, 6.45) is 5.99. The Hall–Kier alpha value is -1.99. The highest BCUT2D eigenvalue weighted by atomic mass is 32.1. The van der Waals surface area contributed by atoms with Gasteiger partial charge in [-0.1, -0.05) is 19.3 Å². The Morgan fingerprint density at radius 3 is 2.54 bits per heavy atom. The van der Waals surface area contributed by atoms with Crippen molar-refractivity contribution in [3.8, 4) is 11.3 Å². The SMILES string of the molecule is O=C(NC1CCCCC1)N1CCN(Cc2nc(-c3ccc(F)cc3)cs2)CC1. The number of nitrogens with zero attached hydrogens (tertiary/aromatic N) is 3. The number of rotatable bonds is 4. The highest BCUT2D eigenvalue weighted by molar-refractivity contribution is 7.09. The lowest BCUT2D eigenvalue weighted by Crippen LogP contribution is -2.53. The molecule has 0 atom stereocenters. The van der Waals surface area contributed by atoms with E-state index in [2.05, 4.69) is 10.2 Å². The summed E-state index contributed by atoms with van der Waals surface area (Å²) in [7, 11) is 0. The first kappa shape index (κ1) is 19.3. The van der Waals surface area contributed by atoms with Crippen molar-refractivity contribution < 1.29 is 9.18 Å². The van der Waals surface area contributed by atoms with Crippen LogP contribution in [0.5, 0.6) is 0 Å². The highest BCUT2D eigenvalue weighted by Crippen LogP contribution is 2.23. The van der Waals surface area contributed by atoms with Crippen molar-refractivity contribution in [2.75, 3.05) is 26.2 Å². The van der Waals surface area contributed by atoms with Crippen LogP contribution in [-0.2, 0) is 6.54 Å². The van der Waals surface area contributed by atoms with E-state index in [4.69, 9.17) is 4.98 Å². The minimum absolute atomic E-state index is 0.0967. The van der Waals surface area contributed by atoms with Crippen LogP contribution >= 0.6 is 11.3 Å². The molecule has 1 aliphatic carbocycles. The average molecular weight is 403 g/mol. The van der Waals surface area contributed by atoms with Crippen LogP contribution in [0.2, 0.25) is 0 Å². The monoisotopic (exact) mass is 402 g/mol. The largest absolute Gasteiger partial charge is 0.335 e. The number of amides is 2. The van der Waals surface area contributed by atoms with Crippen molar-refractivity contribution in [1.82, 2.24) is 20.1 Å². The molecule has 28 heavy (non-hydrogen) atoms. The van der Waals surface area contributed by atoms with E-state index in [9.17, 15) is 9.18 Å². The fourth-order valence-electron chi connectivity index (χ4n) is 3.95. The van der Waals surface area contributed by atoms with Gasteiger partial charge in [0.25, 0.3) is 0 Å². The number of benzene rings is 1. The van der Waals surface area contributed by atoms with Gasteiger partial charge >= 0.3 is 6.03 Å². The van der Waals surface area contributed by atoms with E-state index in [0.29, 0.717) is 6.04 Å². The highest BCUT2D eigenvalue weighted by Gasteiger charge is 2.24. The number of aromatic nitrogens is 1. The summed E-state index contributed by atoms with van der Waals surface area (Å²) in [5.74, 6) is -0.232. The second-order valence-corrected chi connectivity index (χ2v) is 8.62. The van der Waals surface area contributed by atoms with E-state index < -0.39 is 0 Å². The summed E-state index contributed by atoms with van der Waals surface area (Å²) in [6, 6.07) is 6.91. The first-order chi connectivity index (χ1) is 13.7. The number of nitrogens with one attached hydrogen (secondary N) is 1. The minimum Gasteiger partial charge on any atom is -0.335 e. The minimum atomic E-state index is -0.232. The maximum absolute atomic E-state index is 13.1. The van der Waals surface area contributed by atoms with Crippen LogP contribution in [0.15, 0.2) is 29.6 Å². The van der Waals surface area contributed by atoms with Gasteiger partial charge in [-0.2, -0.15) is 0 Å². The normalized spacial score (nSPS) is 19.0. The topological polar surface area (TPSA) is 48.5 Å². The van der Waals surface area contributed by atoms with Crippen LogP contribution in [0.4, 0.5) is 9.18 Å². The smallest absolute Gasteiger partial charge is 0.317 e. The zero-order chi connectivity index (χ0) is 19.3. The van der Waals surface area contributed by atoms with E-state index in [1.807, 2.05) is 10.3 Å². The van der Waals surface area contributed by atoms with Gasteiger partial charge < -0.3 is 10.2 Å². The molecule has 150 valence electrons. The van der Waals surface area contributed by atoms with Gasteiger partial charge in [0.05, 0.1) is 12.2 Å². The molecule has 5 nitrogen and oxygen atoms in total. The summed E-state index contributed by atoms with van der Waals surface area (Å²) in [5.41, 5.74) is 1.83. The number of urea groups is 1. The molecular weight excluding hydrogens is 375 g/mol. The van der Waals surface area contributed by atoms with Gasteiger partial charge in [-0.15, -0.1) is 11.3 Å². The molecule has 0 unspecified atom stereocenters. The van der Waals surface area contributed by atoms with Gasteiger partial charge in [0.1, 0.15) is 10.8 Å². The van der Waals surface area contributed by atoms with Crippen LogP contribution in [0.3, 0.4) is 0 Å². The number of hydrogen-bond donors (Lipinski definition) is 1. The maximum Gasteiger partial charge on any atom is 0.317 e. The molecule has 1 N–H and O–H groups in total. The van der Waals surface area contributed by atoms with Crippen molar-refractivity contribution in [2.45, 2.75) is 44.7 Å². The van der Waals surface area contributed by atoms with E-state index in [0.717, 1.165) is 61.8 Å². The Morgan fingerprint density at radius 2 is 1.82 bits per heavy atom. The van der Waals surface area contributed by atoms with E-state index in [1.165, 1.54) is 31.4 Å². The van der Waals surface area contributed by atoms with E-state index in [-0.39, 0.29) is 11.8 Å². The number of carbonyl (C=O) groups excluding carboxylic acids is 1. The van der Waals surface area contributed by atoms with Gasteiger partial charge in [-0.05, 0) is 37.1 Å². The predicted octanol–water partition coefficient (Wildman–Crippen LogP) is 4.11. The molecule has 1 saturated heterocycles. The Balaban J connectivity index is 1.25. The molecule has 1 saturated carbocycles. The number of hydrogen-bond acceptors (Lipinski definition) is 4. The van der Waals surface area contributed by atoms with Crippen molar-refractivity contribution >= 4 is 17.4 Å². The molecular formula is C21H27FN4OS. The van der Waals surface area contributed by atoms with Crippen molar-refractivity contribution in [1.29, 1.82) is 0 Å². The summed E-state index contributed by atoms with van der Waals surface area (Å²) in [5, 5.41) is 6.29. The zero-order valence-electron chi connectivity index (χ0n) is 16.1. The van der Waals surface area contributed by atoms with Crippen LogP contribution in [0, 0.1) is 5.82 Å². The standard InChI is InChI=1S/C21H27FN4OS/c22-17-8-6-16(7-9-17)19-15-28-20(24-19)14-25-10-12-26(13-11-25)21(27)23-18-4-2-1-3-5-18/h6-9,15,18H,1-5,10-14H2,(H,23,27). The van der Waals surface area contributed by atoms with Crippen LogP contribution < -0.4 is 5.32 Å². The van der Waals surface area contributed by atoms with Gasteiger partial charge in [-0.3, -0.25) is 4.90 Å². The third-order valence-electron chi connectivity index (χ3n) is 5.64. The molecule has 1 aliphatic heterocycles. The number of halogens is 1. The van der Waals surface area contributed by atoms with Gasteiger partial charge in [0.2, 0.25) is 0 Å². The molecule has 2 aliphatic rings. The first-order valence-electron chi connectivity index (χ1n) is 10.2. The molecule has 1 aromatic heterocycles. The summed E-state index contributed by atoms with van der Waals surface area (Å²) >= 11 is 1.63. The number of piperazine rings is 1. The number of carbonyl (C=O) groups is 1. The molecule has 2 fully saturated rings. The second-order valence-electron chi connectivity index (χ2n) is 7.68. The number of thiazole rings is 1. The van der Waals surface area contributed by atoms with Crippen LogP contribution in [0.1, 0.15) is 37.1 Å². The predicted molar refractivity (Wildman–Crippen MR) is 110 cm³/mol. The third-order valence-corrected chi connectivity index (χ3v) is 6.48. The molecule has 1 aromatic carbocycles. The lowest BCUT2D eigenvalue weighted by Gasteiger charge is -2.35. The fourth-order valence-corrected chi connectivity index (χ4v) is 4.79. The quantitative estimate of drug-likeness (QED) is 0.837. The summed E-state index contributed by atoms with van der Waals surface area (Å²) < 4.78 is 13.1. The van der Waals surface area contributed by atoms with Gasteiger partial charge in [0, 0.05) is 43.2 Å². The Morgan fingerprint density at radius 1 is 1.11 bits per heavy atom. The van der Waals surface area contributed by atoms with Crippen molar-refractivity contribution in [3.05, 3.63) is 40.5 Å². The third kappa shape index (κ3) is 4.89. The second kappa shape index (κ2) is 9.01. The lowest BCUT2D eigenvalue weighted by atomic mass is 9.96. The van der Waals surface area contributed by atoms with Crippen LogP contribution in [-0.4, -0.2) is 53.0 Å². The average Bonchev–Trinajstić information content (AvgIpc) is 3.18. The van der Waals surface area contributed by atoms with Gasteiger partial charge in [0.15, 0.2) is 0 Å². The molecule has 4 rings (SSSR count). The zero-order valence-corrected chi connectivity index (χ0v) is 16.9. The van der Waals surface area contributed by atoms with Crippen molar-refractivity contribution in [2.24, 2.45) is 0 Å². The molecule has 0 spiro atoms. The van der Waals surface area contributed by atoms with Gasteiger partial charge in [-0.25, -0.2) is 14.2 Å². The molecule has 2 amide bonds. The molecule has 7 heteroatoms. The van der Waals surface area contributed by atoms with Crippen LogP contribution in [0.25, 0.3) is 11.3 Å². The molecule has 0 radical (unpaired) electrons. The Kier molecular flexibility index (Phi) is 6.22. The molecule has 2 aromatic rings. The lowest BCUT2D eigenvalue weighted by molar-refractivity contribution is 0.132. The Labute approximate surface area is 169 Å². The molecule has 0 bridgehead atoms. The summed E-state index contributed by atoms with van der Waals surface area (Å²) in [4.78, 5) is 21.5.